The lowest BCUT2D eigenvalue weighted by Crippen LogP contribution is -2.52. The largest absolute Gasteiger partial charge is 0.497 e. The van der Waals surface area contributed by atoms with Gasteiger partial charge in [0.15, 0.2) is 0 Å². The van der Waals surface area contributed by atoms with E-state index < -0.39 is 33.4 Å². The molecular formula is C30H35BrN4O7S. The molecule has 3 rings (SSSR count). The van der Waals surface area contributed by atoms with Crippen molar-refractivity contribution in [2.24, 2.45) is 0 Å². The van der Waals surface area contributed by atoms with Gasteiger partial charge in [0.2, 0.25) is 11.8 Å². The minimum atomic E-state index is -4.49. The Morgan fingerprint density at radius 3 is 2.23 bits per heavy atom. The maximum atomic E-state index is 14.0. The van der Waals surface area contributed by atoms with E-state index in [1.165, 1.54) is 43.2 Å². The molecule has 0 aliphatic heterocycles. The van der Waals surface area contributed by atoms with Gasteiger partial charge in [-0.05, 0) is 75.2 Å². The molecule has 0 heterocycles. The molecule has 3 aromatic carbocycles. The molecule has 0 saturated heterocycles. The van der Waals surface area contributed by atoms with Gasteiger partial charge in [0, 0.05) is 28.7 Å². The van der Waals surface area contributed by atoms with E-state index in [4.69, 9.17) is 4.74 Å². The second-order valence-electron chi connectivity index (χ2n) is 10.1. The number of nitro groups is 1. The number of anilines is 1. The number of hydrogen-bond donors (Lipinski definition) is 1. The van der Waals surface area contributed by atoms with Gasteiger partial charge in [0.25, 0.3) is 15.7 Å². The molecule has 2 amide bonds. The average Bonchev–Trinajstić information content (AvgIpc) is 2.98. The number of nitro benzene ring substituents is 1. The number of benzene rings is 3. The van der Waals surface area contributed by atoms with E-state index in [1.807, 2.05) is 13.8 Å². The monoisotopic (exact) mass is 674 g/mol. The maximum Gasteiger partial charge on any atom is 0.273 e. The summed E-state index contributed by atoms with van der Waals surface area (Å²) in [7, 11) is -3.03. The van der Waals surface area contributed by atoms with Crippen molar-refractivity contribution in [3.63, 3.8) is 0 Å². The first kappa shape index (κ1) is 33.5. The molecule has 0 unspecified atom stereocenters. The highest BCUT2D eigenvalue weighted by Crippen LogP contribution is 2.29. The van der Waals surface area contributed by atoms with Crippen LogP contribution in [0.5, 0.6) is 5.75 Å². The zero-order valence-corrected chi connectivity index (χ0v) is 27.0. The Bertz CT molecular complexity index is 1560. The standard InChI is InChI=1S/C30H35BrN4O7S/c1-6-21(3)32-30(37)22(4)33(18-23-8-10-24(31)11-9-23)29(36)19-34(25-12-14-26(42-5)15-13-25)43(40,41)27-16-7-20(2)28(17-27)35(38)39/h7-17,21-22H,6,18-19H2,1-5H3,(H,32,37)/t21-,22-/m1/s1. The predicted octanol–water partition coefficient (Wildman–Crippen LogP) is 5.20. The molecule has 0 radical (unpaired) electrons. The number of hydrogen-bond acceptors (Lipinski definition) is 7. The van der Waals surface area contributed by atoms with Gasteiger partial charge in [-0.3, -0.25) is 24.0 Å². The first-order chi connectivity index (χ1) is 20.3. The van der Waals surface area contributed by atoms with Crippen LogP contribution in [0.2, 0.25) is 0 Å². The molecule has 0 spiro atoms. The predicted molar refractivity (Wildman–Crippen MR) is 167 cm³/mol. The fourth-order valence-electron chi connectivity index (χ4n) is 4.19. The Morgan fingerprint density at radius 1 is 1.05 bits per heavy atom. The maximum absolute atomic E-state index is 14.0. The summed E-state index contributed by atoms with van der Waals surface area (Å²) in [5.74, 6) is -0.561. The number of aryl methyl sites for hydroxylation is 1. The van der Waals surface area contributed by atoms with Crippen LogP contribution in [0.1, 0.15) is 38.3 Å². The minimum absolute atomic E-state index is 0.0354. The van der Waals surface area contributed by atoms with Crippen molar-refractivity contribution in [2.75, 3.05) is 18.0 Å². The molecule has 230 valence electrons. The summed E-state index contributed by atoms with van der Waals surface area (Å²) in [6.07, 6.45) is 0.686. The molecule has 13 heteroatoms. The Morgan fingerprint density at radius 2 is 1.67 bits per heavy atom. The highest BCUT2D eigenvalue weighted by molar-refractivity contribution is 9.10. The molecular weight excluding hydrogens is 640 g/mol. The molecule has 11 nitrogen and oxygen atoms in total. The van der Waals surface area contributed by atoms with Crippen LogP contribution in [0.3, 0.4) is 0 Å². The summed E-state index contributed by atoms with van der Waals surface area (Å²) < 4.78 is 35.0. The summed E-state index contributed by atoms with van der Waals surface area (Å²) in [5, 5.41) is 14.5. The van der Waals surface area contributed by atoms with Gasteiger partial charge in [0.05, 0.1) is 22.6 Å². The van der Waals surface area contributed by atoms with E-state index in [2.05, 4.69) is 21.2 Å². The Hall–Kier alpha value is -3.97. The van der Waals surface area contributed by atoms with Crippen LogP contribution in [0.4, 0.5) is 11.4 Å². The fourth-order valence-corrected chi connectivity index (χ4v) is 5.88. The molecule has 0 aromatic heterocycles. The van der Waals surface area contributed by atoms with Crippen LogP contribution < -0.4 is 14.4 Å². The number of nitrogens with one attached hydrogen (secondary N) is 1. The van der Waals surface area contributed by atoms with Crippen molar-refractivity contribution < 1.29 is 27.7 Å². The van der Waals surface area contributed by atoms with Gasteiger partial charge in [-0.1, -0.05) is 41.1 Å². The first-order valence-corrected chi connectivity index (χ1v) is 15.8. The zero-order valence-electron chi connectivity index (χ0n) is 24.6. The van der Waals surface area contributed by atoms with Gasteiger partial charge in [0.1, 0.15) is 18.3 Å². The quantitative estimate of drug-likeness (QED) is 0.194. The van der Waals surface area contributed by atoms with Crippen LogP contribution >= 0.6 is 15.9 Å². The number of amides is 2. The van der Waals surface area contributed by atoms with E-state index in [-0.39, 0.29) is 40.3 Å². The van der Waals surface area contributed by atoms with Crippen molar-refractivity contribution in [3.8, 4) is 5.75 Å². The summed E-state index contributed by atoms with van der Waals surface area (Å²) in [6, 6.07) is 15.8. The van der Waals surface area contributed by atoms with Crippen LogP contribution in [0, 0.1) is 17.0 Å². The molecule has 2 atom stereocenters. The number of sulfonamides is 1. The van der Waals surface area contributed by atoms with E-state index >= 15 is 0 Å². The van der Waals surface area contributed by atoms with Crippen LogP contribution in [0.25, 0.3) is 0 Å². The molecule has 0 aliphatic carbocycles. The van der Waals surface area contributed by atoms with Gasteiger partial charge in [-0.2, -0.15) is 0 Å². The Balaban J connectivity index is 2.08. The zero-order chi connectivity index (χ0) is 31.9. The van der Waals surface area contributed by atoms with Gasteiger partial charge in [-0.25, -0.2) is 8.42 Å². The lowest BCUT2D eigenvalue weighted by atomic mass is 10.1. The normalized spacial score (nSPS) is 12.6. The van der Waals surface area contributed by atoms with Crippen molar-refractivity contribution in [1.82, 2.24) is 10.2 Å². The Labute approximate surface area is 260 Å². The number of methoxy groups -OCH3 is 1. The second-order valence-corrected chi connectivity index (χ2v) is 12.8. The van der Waals surface area contributed by atoms with Crippen molar-refractivity contribution in [1.29, 1.82) is 0 Å². The topological polar surface area (TPSA) is 139 Å². The number of nitrogens with zero attached hydrogens (tertiary/aromatic N) is 3. The molecule has 43 heavy (non-hydrogen) atoms. The third-order valence-electron chi connectivity index (χ3n) is 7.04. The highest BCUT2D eigenvalue weighted by atomic mass is 79.9. The van der Waals surface area contributed by atoms with E-state index in [1.54, 1.807) is 43.3 Å². The van der Waals surface area contributed by atoms with Gasteiger partial charge < -0.3 is 15.0 Å². The highest BCUT2D eigenvalue weighted by Gasteiger charge is 2.33. The van der Waals surface area contributed by atoms with Crippen LogP contribution in [-0.2, 0) is 26.2 Å². The summed E-state index contributed by atoms with van der Waals surface area (Å²) in [4.78, 5) is 39.1. The smallest absolute Gasteiger partial charge is 0.273 e. The van der Waals surface area contributed by atoms with Gasteiger partial charge >= 0.3 is 0 Å². The Kier molecular flexibility index (Phi) is 11.3. The minimum Gasteiger partial charge on any atom is -0.497 e. The lowest BCUT2D eigenvalue weighted by molar-refractivity contribution is -0.385. The van der Waals surface area contributed by atoms with Crippen LogP contribution in [0.15, 0.2) is 76.1 Å². The van der Waals surface area contributed by atoms with E-state index in [0.717, 1.165) is 20.4 Å². The summed E-state index contributed by atoms with van der Waals surface area (Å²) >= 11 is 3.39. The number of halogens is 1. The number of ether oxygens (including phenoxy) is 1. The summed E-state index contributed by atoms with van der Waals surface area (Å²) in [5.41, 5.74) is 0.789. The number of carbonyl (C=O) groups excluding carboxylic acids is 2. The molecule has 1 N–H and O–H groups in total. The number of rotatable bonds is 13. The molecule has 0 saturated carbocycles. The number of carbonyl (C=O) groups is 2. The third-order valence-corrected chi connectivity index (χ3v) is 9.34. The molecule has 0 fully saturated rings. The first-order valence-electron chi connectivity index (χ1n) is 13.5. The van der Waals surface area contributed by atoms with Crippen molar-refractivity contribution in [3.05, 3.63) is 92.4 Å². The fraction of sp³-hybridized carbons (Fsp3) is 0.333. The third kappa shape index (κ3) is 8.32. The lowest BCUT2D eigenvalue weighted by Gasteiger charge is -2.32. The van der Waals surface area contributed by atoms with Crippen molar-refractivity contribution in [2.45, 2.75) is 57.6 Å². The molecule has 3 aromatic rings. The molecule has 0 bridgehead atoms. The molecule has 0 aliphatic rings. The SMILES string of the molecule is CC[C@@H](C)NC(=O)[C@@H](C)N(Cc1ccc(Br)cc1)C(=O)CN(c1ccc(OC)cc1)S(=O)(=O)c1ccc(C)c([N+](=O)[O-])c1. The van der Waals surface area contributed by atoms with Gasteiger partial charge in [-0.15, -0.1) is 0 Å². The van der Waals surface area contributed by atoms with E-state index in [9.17, 15) is 28.1 Å². The van der Waals surface area contributed by atoms with Crippen LogP contribution in [-0.4, -0.2) is 55.8 Å². The van der Waals surface area contributed by atoms with Crippen molar-refractivity contribution >= 4 is 49.1 Å². The average molecular weight is 676 g/mol. The van der Waals surface area contributed by atoms with E-state index in [0.29, 0.717) is 12.2 Å². The second kappa shape index (κ2) is 14.5. The summed E-state index contributed by atoms with van der Waals surface area (Å²) in [6.45, 7) is 6.23.